The van der Waals surface area contributed by atoms with Gasteiger partial charge in [0.05, 0.1) is 6.54 Å². The van der Waals surface area contributed by atoms with Gasteiger partial charge < -0.3 is 0 Å². The average Bonchev–Trinajstić information content (AvgIpc) is 2.94. The normalized spacial score (nSPS) is 27.3. The van der Waals surface area contributed by atoms with Gasteiger partial charge in [-0.3, -0.25) is 9.59 Å². The Hall–Kier alpha value is -0.910. The van der Waals surface area contributed by atoms with E-state index in [2.05, 4.69) is 0 Å². The van der Waals surface area contributed by atoms with Crippen molar-refractivity contribution in [3.05, 3.63) is 0 Å². The summed E-state index contributed by atoms with van der Waals surface area (Å²) in [6, 6.07) is 0. The van der Waals surface area contributed by atoms with Crippen LogP contribution >= 0.6 is 0 Å². The summed E-state index contributed by atoms with van der Waals surface area (Å²) in [7, 11) is -3.59. The molecule has 1 heterocycles. The van der Waals surface area contributed by atoms with Crippen molar-refractivity contribution in [2.75, 3.05) is 6.54 Å². The molecular formula is C9H13NO4S. The minimum absolute atomic E-state index is 0.0169. The largest absolute Gasteiger partial charge is 0.297 e. The van der Waals surface area contributed by atoms with Crippen LogP contribution in [-0.4, -0.2) is 35.7 Å². The Morgan fingerprint density at radius 2 is 2.00 bits per heavy atom. The van der Waals surface area contributed by atoms with Gasteiger partial charge in [-0.2, -0.15) is 0 Å². The van der Waals surface area contributed by atoms with Gasteiger partial charge in [0.1, 0.15) is 0 Å². The molecule has 2 aliphatic rings. The maximum absolute atomic E-state index is 11.6. The molecule has 0 aromatic rings. The molecule has 0 aromatic heterocycles. The van der Waals surface area contributed by atoms with Crippen LogP contribution < -0.4 is 0 Å². The van der Waals surface area contributed by atoms with Crippen molar-refractivity contribution in [3.8, 4) is 0 Å². The second kappa shape index (κ2) is 2.81. The fourth-order valence-electron chi connectivity index (χ4n) is 1.59. The zero-order valence-corrected chi connectivity index (χ0v) is 9.50. The van der Waals surface area contributed by atoms with Crippen LogP contribution in [0, 0.1) is 5.92 Å². The quantitative estimate of drug-likeness (QED) is 0.681. The fraction of sp³-hybridized carbons (Fsp3) is 0.778. The first kappa shape index (κ1) is 10.6. The van der Waals surface area contributed by atoms with Crippen LogP contribution in [0.5, 0.6) is 0 Å². The van der Waals surface area contributed by atoms with Gasteiger partial charge in [0, 0.05) is 5.92 Å². The summed E-state index contributed by atoms with van der Waals surface area (Å²) in [6.07, 6.45) is 1.65. The van der Waals surface area contributed by atoms with Gasteiger partial charge in [-0.05, 0) is 26.7 Å². The number of amides is 1. The van der Waals surface area contributed by atoms with Gasteiger partial charge >= 0.3 is 0 Å². The predicted octanol–water partition coefficient (Wildman–Crippen LogP) is -0.0839. The summed E-state index contributed by atoms with van der Waals surface area (Å²) in [5.41, 5.74) is 0. The standard InChI is InChI=1S/C9H13NO4S/c1-9(2)8(12)10(15(9,13)14)5-7(11)6-3-4-6/h6H,3-5H2,1-2H3. The minimum atomic E-state index is -3.59. The summed E-state index contributed by atoms with van der Waals surface area (Å²) in [6.45, 7) is 2.46. The molecule has 1 aliphatic carbocycles. The van der Waals surface area contributed by atoms with Crippen LogP contribution in [0.3, 0.4) is 0 Å². The van der Waals surface area contributed by atoms with Crippen molar-refractivity contribution in [1.29, 1.82) is 0 Å². The number of carbonyl (C=O) groups is 2. The maximum Gasteiger partial charge on any atom is 0.259 e. The van der Waals surface area contributed by atoms with E-state index >= 15 is 0 Å². The van der Waals surface area contributed by atoms with E-state index in [1.807, 2.05) is 0 Å². The Bertz CT molecular complexity index is 433. The zero-order chi connectivity index (χ0) is 11.4. The van der Waals surface area contributed by atoms with Crippen LogP contribution in [-0.2, 0) is 19.6 Å². The molecule has 6 heteroatoms. The van der Waals surface area contributed by atoms with E-state index in [9.17, 15) is 18.0 Å². The smallest absolute Gasteiger partial charge is 0.259 e. The number of sulfonamides is 1. The number of ketones is 1. The SMILES string of the molecule is CC1(C)C(=O)N(CC(=O)C2CC2)S1(=O)=O. The summed E-state index contributed by atoms with van der Waals surface area (Å²) in [5, 5.41) is 0. The van der Waals surface area contributed by atoms with Gasteiger partial charge in [-0.1, -0.05) is 0 Å². The number of rotatable bonds is 3. The summed E-state index contributed by atoms with van der Waals surface area (Å²) >= 11 is 0. The Morgan fingerprint density at radius 1 is 1.47 bits per heavy atom. The minimum Gasteiger partial charge on any atom is -0.297 e. The lowest BCUT2D eigenvalue weighted by Gasteiger charge is -2.42. The number of nitrogens with zero attached hydrogens (tertiary/aromatic N) is 1. The molecule has 0 bridgehead atoms. The molecule has 0 radical (unpaired) electrons. The topological polar surface area (TPSA) is 71.5 Å². The highest BCUT2D eigenvalue weighted by Gasteiger charge is 2.60. The van der Waals surface area contributed by atoms with E-state index < -0.39 is 20.7 Å². The molecule has 0 unspecified atom stereocenters. The lowest BCUT2D eigenvalue weighted by Crippen LogP contribution is -2.68. The second-order valence-electron chi connectivity index (χ2n) is 4.57. The van der Waals surface area contributed by atoms with Crippen LogP contribution in [0.2, 0.25) is 0 Å². The zero-order valence-electron chi connectivity index (χ0n) is 8.69. The Morgan fingerprint density at radius 3 is 2.40 bits per heavy atom. The fourth-order valence-corrected chi connectivity index (χ4v) is 3.08. The van der Waals surface area contributed by atoms with E-state index in [0.29, 0.717) is 4.31 Å². The van der Waals surface area contributed by atoms with Crippen LogP contribution in [0.4, 0.5) is 0 Å². The molecule has 0 N–H and O–H groups in total. The lowest BCUT2D eigenvalue weighted by atomic mass is 10.1. The first-order valence-electron chi connectivity index (χ1n) is 4.88. The molecule has 0 atom stereocenters. The molecule has 1 saturated heterocycles. The van der Waals surface area contributed by atoms with Crippen molar-refractivity contribution in [2.45, 2.75) is 31.4 Å². The van der Waals surface area contributed by atoms with E-state index in [1.54, 1.807) is 0 Å². The summed E-state index contributed by atoms with van der Waals surface area (Å²) in [5.74, 6) is -0.629. The molecule has 84 valence electrons. The van der Waals surface area contributed by atoms with Crippen LogP contribution in [0.1, 0.15) is 26.7 Å². The van der Waals surface area contributed by atoms with E-state index in [-0.39, 0.29) is 18.2 Å². The van der Waals surface area contributed by atoms with Gasteiger partial charge in [-0.25, -0.2) is 12.7 Å². The van der Waals surface area contributed by atoms with Gasteiger partial charge in [-0.15, -0.1) is 0 Å². The lowest BCUT2D eigenvalue weighted by molar-refractivity contribution is -0.135. The number of carbonyl (C=O) groups excluding carboxylic acids is 2. The van der Waals surface area contributed by atoms with Crippen molar-refractivity contribution in [3.63, 3.8) is 0 Å². The molecule has 0 spiro atoms. The highest BCUT2D eigenvalue weighted by atomic mass is 32.2. The summed E-state index contributed by atoms with van der Waals surface area (Å²) < 4.78 is 22.6. The predicted molar refractivity (Wildman–Crippen MR) is 52.4 cm³/mol. The van der Waals surface area contributed by atoms with Gasteiger partial charge in [0.15, 0.2) is 10.5 Å². The molecule has 0 aromatic carbocycles. The molecule has 5 nitrogen and oxygen atoms in total. The van der Waals surface area contributed by atoms with Crippen LogP contribution in [0.25, 0.3) is 0 Å². The second-order valence-corrected chi connectivity index (χ2v) is 6.98. The van der Waals surface area contributed by atoms with Gasteiger partial charge in [0.2, 0.25) is 0 Å². The maximum atomic E-state index is 11.6. The van der Waals surface area contributed by atoms with E-state index in [1.165, 1.54) is 13.8 Å². The average molecular weight is 231 g/mol. The Kier molecular flexibility index (Phi) is 1.99. The molecule has 2 fully saturated rings. The molecule has 1 amide bonds. The molecule has 1 saturated carbocycles. The molecule has 15 heavy (non-hydrogen) atoms. The number of hydrogen-bond acceptors (Lipinski definition) is 4. The highest BCUT2D eigenvalue weighted by molar-refractivity contribution is 7.94. The Balaban J connectivity index is 2.12. The first-order valence-corrected chi connectivity index (χ1v) is 6.32. The summed E-state index contributed by atoms with van der Waals surface area (Å²) in [4.78, 5) is 22.9. The highest BCUT2D eigenvalue weighted by Crippen LogP contribution is 2.36. The van der Waals surface area contributed by atoms with Crippen molar-refractivity contribution in [2.24, 2.45) is 5.92 Å². The van der Waals surface area contributed by atoms with E-state index in [4.69, 9.17) is 0 Å². The third-order valence-corrected chi connectivity index (χ3v) is 5.35. The Labute approximate surface area is 88.5 Å². The van der Waals surface area contributed by atoms with E-state index in [0.717, 1.165) is 12.8 Å². The van der Waals surface area contributed by atoms with Crippen molar-refractivity contribution >= 4 is 21.7 Å². The first-order chi connectivity index (χ1) is 6.78. The number of Topliss-reactive ketones (excluding diaryl/α,β-unsaturated/α-hetero) is 1. The molecular weight excluding hydrogens is 218 g/mol. The third kappa shape index (κ3) is 1.31. The third-order valence-electron chi connectivity index (χ3n) is 3.01. The molecule has 1 aliphatic heterocycles. The van der Waals surface area contributed by atoms with Gasteiger partial charge in [0.25, 0.3) is 15.9 Å². The van der Waals surface area contributed by atoms with Crippen LogP contribution in [0.15, 0.2) is 0 Å². The monoisotopic (exact) mass is 231 g/mol. The number of hydrogen-bond donors (Lipinski definition) is 0. The van der Waals surface area contributed by atoms with Crippen molar-refractivity contribution in [1.82, 2.24) is 4.31 Å². The van der Waals surface area contributed by atoms with Crippen molar-refractivity contribution < 1.29 is 18.0 Å². The molecule has 2 rings (SSSR count).